The van der Waals surface area contributed by atoms with Gasteiger partial charge in [0.2, 0.25) is 0 Å². The van der Waals surface area contributed by atoms with E-state index >= 15 is 0 Å². The fourth-order valence-corrected chi connectivity index (χ4v) is 5.94. The highest BCUT2D eigenvalue weighted by Crippen LogP contribution is 2.30. The molecule has 0 saturated carbocycles. The molecule has 3 aromatic carbocycles. The largest absolute Gasteiger partial charge is 0.338 e. The number of carbonyl (C=O) groups excluding carboxylic acids is 2. The zero-order valence-corrected chi connectivity index (χ0v) is 23.3. The highest BCUT2D eigenvalue weighted by atomic mass is 32.2. The Morgan fingerprint density at radius 1 is 0.902 bits per heavy atom. The van der Waals surface area contributed by atoms with Gasteiger partial charge >= 0.3 is 0 Å². The summed E-state index contributed by atoms with van der Waals surface area (Å²) in [6.07, 6.45) is 3.13. The van der Waals surface area contributed by atoms with Crippen LogP contribution >= 0.6 is 11.8 Å². The van der Waals surface area contributed by atoms with Crippen LogP contribution in [0.1, 0.15) is 50.6 Å². The van der Waals surface area contributed by atoms with Gasteiger partial charge in [-0.3, -0.25) is 14.4 Å². The fourth-order valence-electron chi connectivity index (χ4n) is 5.00. The molecule has 1 saturated heterocycles. The van der Waals surface area contributed by atoms with Crippen molar-refractivity contribution in [1.29, 1.82) is 0 Å². The number of amides is 2. The highest BCUT2D eigenvalue weighted by molar-refractivity contribution is 7.98. The molecule has 6 nitrogen and oxygen atoms in total. The van der Waals surface area contributed by atoms with Gasteiger partial charge in [0.05, 0.1) is 0 Å². The van der Waals surface area contributed by atoms with Crippen LogP contribution < -0.4 is 10.9 Å². The first-order valence-electron chi connectivity index (χ1n) is 13.3. The predicted octanol–water partition coefficient (Wildman–Crippen LogP) is 6.23. The zero-order valence-electron chi connectivity index (χ0n) is 22.5. The molecule has 0 unspecified atom stereocenters. The van der Waals surface area contributed by atoms with E-state index in [9.17, 15) is 23.2 Å². The van der Waals surface area contributed by atoms with E-state index in [-0.39, 0.29) is 39.8 Å². The number of hydrogen-bond acceptors (Lipinski definition) is 4. The molecule has 0 aliphatic carbocycles. The van der Waals surface area contributed by atoms with E-state index < -0.39 is 17.5 Å². The number of carbonyl (C=O) groups is 2. The average Bonchev–Trinajstić information content (AvgIpc) is 3.00. The minimum Gasteiger partial charge on any atom is -0.338 e. The maximum atomic E-state index is 14.7. The second kappa shape index (κ2) is 12.5. The molecule has 2 heterocycles. The van der Waals surface area contributed by atoms with Crippen molar-refractivity contribution in [2.45, 2.75) is 29.4 Å². The molecular weight excluding hydrogens is 544 g/mol. The van der Waals surface area contributed by atoms with Crippen molar-refractivity contribution in [3.63, 3.8) is 0 Å². The van der Waals surface area contributed by atoms with Gasteiger partial charge < -0.3 is 14.8 Å². The van der Waals surface area contributed by atoms with Crippen molar-refractivity contribution >= 4 is 29.3 Å². The number of likely N-dealkylation sites (tertiary alicyclic amines) is 1. The molecule has 0 radical (unpaired) electrons. The van der Waals surface area contributed by atoms with Gasteiger partial charge in [-0.25, -0.2) is 8.78 Å². The number of aryl methyl sites for hydroxylation is 1. The van der Waals surface area contributed by atoms with Crippen molar-refractivity contribution < 1.29 is 18.4 Å². The summed E-state index contributed by atoms with van der Waals surface area (Å²) in [5.74, 6) is -2.44. The second-order valence-electron chi connectivity index (χ2n) is 9.97. The van der Waals surface area contributed by atoms with E-state index in [1.165, 1.54) is 22.4 Å². The molecule has 1 N–H and O–H groups in total. The summed E-state index contributed by atoms with van der Waals surface area (Å²) in [6.45, 7) is 1.08. The minimum absolute atomic E-state index is 0.0163. The number of nitrogens with zero attached hydrogens (tertiary/aromatic N) is 2. The van der Waals surface area contributed by atoms with Crippen molar-refractivity contribution in [2.24, 2.45) is 7.05 Å². The molecule has 0 bridgehead atoms. The van der Waals surface area contributed by atoms with Crippen LogP contribution in [0.2, 0.25) is 0 Å². The summed E-state index contributed by atoms with van der Waals surface area (Å²) < 4.78 is 30.2. The Morgan fingerprint density at radius 3 is 2.32 bits per heavy atom. The summed E-state index contributed by atoms with van der Waals surface area (Å²) >= 11 is 1.33. The van der Waals surface area contributed by atoms with E-state index in [1.54, 1.807) is 42.4 Å². The number of piperidine rings is 1. The standard InChI is InChI=1S/C32H29F2N3O3S/c1-36-17-5-8-26(31(36)39)32(40)37-18-15-22(16-19-37)21-9-11-23(12-10-21)35-30(38)25-13-14-28(33)29(34)27(25)20-41-24-6-3-2-4-7-24/h2-14,17,22H,15-16,18-20H2,1H3,(H,35,38). The predicted molar refractivity (Wildman–Crippen MR) is 156 cm³/mol. The van der Waals surface area contributed by atoms with Crippen LogP contribution in [0.4, 0.5) is 14.5 Å². The number of pyridine rings is 1. The SMILES string of the molecule is Cn1cccc(C(=O)N2CCC(c3ccc(NC(=O)c4ccc(F)c(F)c4CSc4ccccc4)cc3)CC2)c1=O. The van der Waals surface area contributed by atoms with Gasteiger partial charge in [-0.05, 0) is 72.9 Å². The molecule has 5 rings (SSSR count). The van der Waals surface area contributed by atoms with Gasteiger partial charge in [-0.2, -0.15) is 0 Å². The van der Waals surface area contributed by atoms with E-state index in [2.05, 4.69) is 5.32 Å². The normalized spacial score (nSPS) is 13.7. The van der Waals surface area contributed by atoms with Gasteiger partial charge in [0, 0.05) is 53.8 Å². The van der Waals surface area contributed by atoms with Crippen LogP contribution in [0.15, 0.2) is 94.7 Å². The number of halogens is 2. The van der Waals surface area contributed by atoms with Crippen LogP contribution in [0, 0.1) is 11.6 Å². The molecule has 1 aliphatic heterocycles. The number of anilines is 1. The molecule has 2 amide bonds. The summed E-state index contributed by atoms with van der Waals surface area (Å²) in [7, 11) is 1.62. The van der Waals surface area contributed by atoms with Crippen LogP contribution in [0.25, 0.3) is 0 Å². The number of nitrogens with one attached hydrogen (secondary N) is 1. The summed E-state index contributed by atoms with van der Waals surface area (Å²) in [4.78, 5) is 40.9. The van der Waals surface area contributed by atoms with Gasteiger partial charge in [0.15, 0.2) is 11.6 Å². The summed E-state index contributed by atoms with van der Waals surface area (Å²) in [5, 5.41) is 2.80. The van der Waals surface area contributed by atoms with E-state index in [1.807, 2.05) is 42.5 Å². The van der Waals surface area contributed by atoms with Gasteiger partial charge in [-0.15, -0.1) is 11.8 Å². The number of benzene rings is 3. The van der Waals surface area contributed by atoms with E-state index in [0.29, 0.717) is 18.8 Å². The lowest BCUT2D eigenvalue weighted by Gasteiger charge is -2.32. The Bertz CT molecular complexity index is 1620. The smallest absolute Gasteiger partial charge is 0.263 e. The fraction of sp³-hybridized carbons (Fsp3) is 0.219. The Balaban J connectivity index is 1.21. The number of rotatable bonds is 7. The summed E-state index contributed by atoms with van der Waals surface area (Å²) in [5.41, 5.74) is 1.60. The average molecular weight is 574 g/mol. The molecule has 0 spiro atoms. The molecule has 9 heteroatoms. The van der Waals surface area contributed by atoms with Crippen LogP contribution in [-0.4, -0.2) is 34.4 Å². The number of aromatic nitrogens is 1. The van der Waals surface area contributed by atoms with Crippen molar-refractivity contribution in [3.05, 3.63) is 129 Å². The lowest BCUT2D eigenvalue weighted by Crippen LogP contribution is -2.40. The van der Waals surface area contributed by atoms with Gasteiger partial charge in [-0.1, -0.05) is 30.3 Å². The maximum Gasteiger partial charge on any atom is 0.263 e. The third-order valence-electron chi connectivity index (χ3n) is 7.34. The molecule has 1 aliphatic rings. The minimum atomic E-state index is -1.02. The highest BCUT2D eigenvalue weighted by Gasteiger charge is 2.26. The Labute approximate surface area is 241 Å². The lowest BCUT2D eigenvalue weighted by atomic mass is 9.89. The molecule has 210 valence electrons. The lowest BCUT2D eigenvalue weighted by molar-refractivity contribution is 0.0710. The second-order valence-corrected chi connectivity index (χ2v) is 11.0. The molecule has 0 atom stereocenters. The molecule has 1 aromatic heterocycles. The van der Waals surface area contributed by atoms with Crippen LogP contribution in [0.3, 0.4) is 0 Å². The van der Waals surface area contributed by atoms with Crippen LogP contribution in [0.5, 0.6) is 0 Å². The molecule has 41 heavy (non-hydrogen) atoms. The molecule has 1 fully saturated rings. The zero-order chi connectivity index (χ0) is 28.9. The molecule has 4 aromatic rings. The Kier molecular flexibility index (Phi) is 8.64. The monoisotopic (exact) mass is 573 g/mol. The third-order valence-corrected chi connectivity index (χ3v) is 8.38. The first-order valence-corrected chi connectivity index (χ1v) is 14.3. The number of hydrogen-bond donors (Lipinski definition) is 1. The Hall–Kier alpha value is -4.24. The van der Waals surface area contributed by atoms with Crippen molar-refractivity contribution in [3.8, 4) is 0 Å². The van der Waals surface area contributed by atoms with E-state index in [0.717, 1.165) is 29.4 Å². The van der Waals surface area contributed by atoms with Gasteiger partial charge in [0.25, 0.3) is 17.4 Å². The first kappa shape index (κ1) is 28.3. The topological polar surface area (TPSA) is 71.4 Å². The molecular formula is C32H29F2N3O3S. The van der Waals surface area contributed by atoms with Crippen molar-refractivity contribution in [2.75, 3.05) is 18.4 Å². The number of thioether (sulfide) groups is 1. The summed E-state index contributed by atoms with van der Waals surface area (Å²) in [6, 6.07) is 22.3. The maximum absolute atomic E-state index is 14.7. The first-order chi connectivity index (χ1) is 19.8. The van der Waals surface area contributed by atoms with Crippen LogP contribution in [-0.2, 0) is 12.8 Å². The Morgan fingerprint density at radius 2 is 1.61 bits per heavy atom. The third kappa shape index (κ3) is 6.41. The van der Waals surface area contributed by atoms with E-state index in [4.69, 9.17) is 0 Å². The van der Waals surface area contributed by atoms with Gasteiger partial charge in [0.1, 0.15) is 5.56 Å². The van der Waals surface area contributed by atoms with Crippen molar-refractivity contribution in [1.82, 2.24) is 9.47 Å². The quantitative estimate of drug-likeness (QED) is 0.266.